The fourth-order valence-corrected chi connectivity index (χ4v) is 2.85. The topological polar surface area (TPSA) is 70.7 Å². The van der Waals surface area contributed by atoms with Crippen LogP contribution in [0.25, 0.3) is 0 Å². The summed E-state index contributed by atoms with van der Waals surface area (Å²) < 4.78 is 5.87. The van der Waals surface area contributed by atoms with E-state index in [9.17, 15) is 9.59 Å². The van der Waals surface area contributed by atoms with E-state index in [2.05, 4.69) is 27.7 Å². The Hall–Kier alpha value is -1.92. The van der Waals surface area contributed by atoms with Gasteiger partial charge in [-0.25, -0.2) is 0 Å². The summed E-state index contributed by atoms with van der Waals surface area (Å²) in [6.07, 6.45) is 1.97. The zero-order chi connectivity index (χ0) is 18.1. The number of rotatable bonds is 7. The number of nitrogens with zero attached hydrogens (tertiary/aromatic N) is 1. The number of hydrogen-bond acceptors (Lipinski definition) is 4. The molecule has 138 valence electrons. The molecule has 2 rings (SSSR count). The molecule has 1 fully saturated rings. The molecule has 1 unspecified atom stereocenters. The first-order chi connectivity index (χ1) is 12.1. The van der Waals surface area contributed by atoms with Crippen molar-refractivity contribution in [3.05, 3.63) is 35.9 Å². The summed E-state index contributed by atoms with van der Waals surface area (Å²) in [5.41, 5.74) is 1.22. The van der Waals surface area contributed by atoms with Crippen LogP contribution in [0.3, 0.4) is 0 Å². The number of morpholine rings is 1. The molecule has 1 aliphatic rings. The molecule has 0 spiro atoms. The fraction of sp³-hybridized carbons (Fsp3) is 0.579. The van der Waals surface area contributed by atoms with Crippen LogP contribution in [0.1, 0.15) is 38.4 Å². The Morgan fingerprint density at radius 3 is 2.68 bits per heavy atom. The highest BCUT2D eigenvalue weighted by Crippen LogP contribution is 2.21. The molecule has 1 saturated heterocycles. The van der Waals surface area contributed by atoms with Gasteiger partial charge in [-0.05, 0) is 38.8 Å². The first-order valence-electron chi connectivity index (χ1n) is 9.04. The molecule has 1 atom stereocenters. The molecule has 2 N–H and O–H groups in total. The van der Waals surface area contributed by atoms with Crippen LogP contribution in [-0.2, 0) is 14.3 Å². The third kappa shape index (κ3) is 6.84. The fourth-order valence-electron chi connectivity index (χ4n) is 2.85. The van der Waals surface area contributed by atoms with Crippen molar-refractivity contribution in [2.45, 2.75) is 38.8 Å². The lowest BCUT2D eigenvalue weighted by Gasteiger charge is -2.33. The number of nitrogens with one attached hydrogen (secondary N) is 2. The van der Waals surface area contributed by atoms with Crippen LogP contribution in [0.15, 0.2) is 30.3 Å². The third-order valence-corrected chi connectivity index (χ3v) is 4.13. The van der Waals surface area contributed by atoms with Crippen LogP contribution >= 0.6 is 0 Å². The van der Waals surface area contributed by atoms with Crippen molar-refractivity contribution in [1.29, 1.82) is 0 Å². The minimum Gasteiger partial charge on any atom is -0.371 e. The van der Waals surface area contributed by atoms with E-state index in [0.717, 1.165) is 39.1 Å². The SMILES string of the molecule is CC(C)NC(=O)C(=O)NCCCCN1CCOC(c2ccccc2)C1. The van der Waals surface area contributed by atoms with Gasteiger partial charge in [-0.2, -0.15) is 0 Å². The maximum absolute atomic E-state index is 11.6. The lowest BCUT2D eigenvalue weighted by atomic mass is 10.1. The van der Waals surface area contributed by atoms with Gasteiger partial charge in [-0.1, -0.05) is 30.3 Å². The normalized spacial score (nSPS) is 18.1. The molecular formula is C19H29N3O3. The Bertz CT molecular complexity index is 548. The van der Waals surface area contributed by atoms with Gasteiger partial charge in [0.1, 0.15) is 0 Å². The second-order valence-corrected chi connectivity index (χ2v) is 6.66. The maximum Gasteiger partial charge on any atom is 0.309 e. The molecule has 1 aromatic carbocycles. The zero-order valence-corrected chi connectivity index (χ0v) is 15.2. The van der Waals surface area contributed by atoms with Crippen LogP contribution in [0.4, 0.5) is 0 Å². The van der Waals surface area contributed by atoms with Crippen LogP contribution in [-0.4, -0.2) is 55.5 Å². The predicted molar refractivity (Wildman–Crippen MR) is 97.1 cm³/mol. The van der Waals surface area contributed by atoms with E-state index in [4.69, 9.17) is 4.74 Å². The molecule has 0 aromatic heterocycles. The Kier molecular flexibility index (Phi) is 7.88. The lowest BCUT2D eigenvalue weighted by molar-refractivity contribution is -0.139. The van der Waals surface area contributed by atoms with Gasteiger partial charge >= 0.3 is 11.8 Å². The largest absolute Gasteiger partial charge is 0.371 e. The van der Waals surface area contributed by atoms with Gasteiger partial charge < -0.3 is 15.4 Å². The van der Waals surface area contributed by atoms with Gasteiger partial charge in [-0.3, -0.25) is 14.5 Å². The molecule has 0 aliphatic carbocycles. The summed E-state index contributed by atoms with van der Waals surface area (Å²) in [5.74, 6) is -1.11. The van der Waals surface area contributed by atoms with E-state index in [1.54, 1.807) is 0 Å². The van der Waals surface area contributed by atoms with Crippen molar-refractivity contribution in [1.82, 2.24) is 15.5 Å². The molecule has 25 heavy (non-hydrogen) atoms. The smallest absolute Gasteiger partial charge is 0.309 e. The lowest BCUT2D eigenvalue weighted by Crippen LogP contribution is -2.43. The number of carbonyl (C=O) groups is 2. The minimum absolute atomic E-state index is 0.0304. The zero-order valence-electron chi connectivity index (χ0n) is 15.2. The minimum atomic E-state index is -0.561. The summed E-state index contributed by atoms with van der Waals surface area (Å²) >= 11 is 0. The number of amides is 2. The van der Waals surface area contributed by atoms with E-state index < -0.39 is 11.8 Å². The summed E-state index contributed by atoms with van der Waals surface area (Å²) in [6, 6.07) is 10.3. The standard InChI is InChI=1S/C19H29N3O3/c1-15(2)21-19(24)18(23)20-10-6-7-11-22-12-13-25-17(14-22)16-8-4-3-5-9-16/h3-5,8-9,15,17H,6-7,10-14H2,1-2H3,(H,20,23)(H,21,24). The van der Waals surface area contributed by atoms with Gasteiger partial charge in [0.05, 0.1) is 12.7 Å². The monoisotopic (exact) mass is 347 g/mol. The van der Waals surface area contributed by atoms with Crippen molar-refractivity contribution >= 4 is 11.8 Å². The number of carbonyl (C=O) groups excluding carboxylic acids is 2. The van der Waals surface area contributed by atoms with Crippen LogP contribution in [0.5, 0.6) is 0 Å². The highest BCUT2D eigenvalue weighted by atomic mass is 16.5. The molecule has 0 saturated carbocycles. The van der Waals surface area contributed by atoms with Crippen LogP contribution < -0.4 is 10.6 Å². The summed E-state index contributed by atoms with van der Waals surface area (Å²) in [5, 5.41) is 5.25. The number of hydrogen-bond donors (Lipinski definition) is 2. The van der Waals surface area contributed by atoms with Gasteiger partial charge in [0.15, 0.2) is 0 Å². The average molecular weight is 347 g/mol. The molecule has 6 heteroatoms. The highest BCUT2D eigenvalue weighted by molar-refractivity contribution is 6.35. The Morgan fingerprint density at radius 1 is 1.20 bits per heavy atom. The van der Waals surface area contributed by atoms with Crippen molar-refractivity contribution < 1.29 is 14.3 Å². The number of unbranched alkanes of at least 4 members (excludes halogenated alkanes) is 1. The van der Waals surface area contributed by atoms with E-state index >= 15 is 0 Å². The molecule has 1 aromatic rings. The molecule has 2 amide bonds. The first-order valence-corrected chi connectivity index (χ1v) is 9.04. The predicted octanol–water partition coefficient (Wildman–Crippen LogP) is 1.48. The Labute approximate surface area is 149 Å². The quantitative estimate of drug-likeness (QED) is 0.579. The summed E-state index contributed by atoms with van der Waals surface area (Å²) in [6.45, 7) is 7.73. The Balaban J connectivity index is 1.62. The van der Waals surface area contributed by atoms with E-state index in [0.29, 0.717) is 6.54 Å². The molecule has 6 nitrogen and oxygen atoms in total. The number of benzene rings is 1. The van der Waals surface area contributed by atoms with Gasteiger partial charge in [-0.15, -0.1) is 0 Å². The molecule has 1 heterocycles. The molecule has 1 aliphatic heterocycles. The second-order valence-electron chi connectivity index (χ2n) is 6.66. The van der Waals surface area contributed by atoms with Crippen molar-refractivity contribution in [2.24, 2.45) is 0 Å². The van der Waals surface area contributed by atoms with Crippen molar-refractivity contribution in [3.8, 4) is 0 Å². The third-order valence-electron chi connectivity index (χ3n) is 4.13. The van der Waals surface area contributed by atoms with Gasteiger partial charge in [0.2, 0.25) is 0 Å². The molecule has 0 bridgehead atoms. The van der Waals surface area contributed by atoms with E-state index in [1.165, 1.54) is 5.56 Å². The average Bonchev–Trinajstić information content (AvgIpc) is 2.61. The first kappa shape index (κ1) is 19.4. The van der Waals surface area contributed by atoms with Gasteiger partial charge in [0, 0.05) is 25.7 Å². The molecule has 0 radical (unpaired) electrons. The van der Waals surface area contributed by atoms with Crippen LogP contribution in [0.2, 0.25) is 0 Å². The summed E-state index contributed by atoms with van der Waals surface area (Å²) in [7, 11) is 0. The maximum atomic E-state index is 11.6. The van der Waals surface area contributed by atoms with E-state index in [-0.39, 0.29) is 12.1 Å². The van der Waals surface area contributed by atoms with Crippen molar-refractivity contribution in [3.63, 3.8) is 0 Å². The Morgan fingerprint density at radius 2 is 1.96 bits per heavy atom. The molecular weight excluding hydrogens is 318 g/mol. The van der Waals surface area contributed by atoms with Crippen LogP contribution in [0, 0.1) is 0 Å². The van der Waals surface area contributed by atoms with Crippen molar-refractivity contribution in [2.75, 3.05) is 32.8 Å². The van der Waals surface area contributed by atoms with E-state index in [1.807, 2.05) is 32.0 Å². The summed E-state index contributed by atoms with van der Waals surface area (Å²) in [4.78, 5) is 25.5. The second kappa shape index (κ2) is 10.2. The highest BCUT2D eigenvalue weighted by Gasteiger charge is 2.21. The van der Waals surface area contributed by atoms with Gasteiger partial charge in [0.25, 0.3) is 0 Å². The number of ether oxygens (including phenoxy) is 1.